The highest BCUT2D eigenvalue weighted by atomic mass is 28.4. The molecule has 0 bridgehead atoms. The lowest BCUT2D eigenvalue weighted by Gasteiger charge is -2.17. The number of rotatable bonds is 5. The van der Waals surface area contributed by atoms with Crippen LogP contribution in [-0.2, 0) is 4.43 Å². The second-order valence-corrected chi connectivity index (χ2v) is 11.4. The van der Waals surface area contributed by atoms with Gasteiger partial charge in [-0.05, 0) is 42.8 Å². The average molecular weight is 296 g/mol. The van der Waals surface area contributed by atoms with Gasteiger partial charge >= 0.3 is 0 Å². The predicted octanol–water partition coefficient (Wildman–Crippen LogP) is 5.15. The van der Waals surface area contributed by atoms with E-state index in [4.69, 9.17) is 4.43 Å². The Hall–Kier alpha value is -1.38. The summed E-state index contributed by atoms with van der Waals surface area (Å²) in [6, 6.07) is 8.85. The summed E-state index contributed by atoms with van der Waals surface area (Å²) < 4.78 is 6.04. The summed E-state index contributed by atoms with van der Waals surface area (Å²) in [6.07, 6.45) is 12.4. The molecule has 2 aliphatic carbocycles. The van der Waals surface area contributed by atoms with Crippen molar-refractivity contribution in [1.82, 2.24) is 0 Å². The van der Waals surface area contributed by atoms with E-state index in [1.54, 1.807) is 0 Å². The van der Waals surface area contributed by atoms with Crippen molar-refractivity contribution < 1.29 is 4.43 Å². The molecule has 1 aromatic carbocycles. The van der Waals surface area contributed by atoms with E-state index in [0.717, 1.165) is 13.0 Å². The fourth-order valence-electron chi connectivity index (χ4n) is 3.17. The Bertz CT molecular complexity index is 592. The fraction of sp³-hybridized carbons (Fsp3) is 0.368. The summed E-state index contributed by atoms with van der Waals surface area (Å²) in [5.74, 6) is 1.01. The Morgan fingerprint density at radius 2 is 1.76 bits per heavy atom. The molecule has 0 saturated carbocycles. The molecule has 0 saturated heterocycles. The summed E-state index contributed by atoms with van der Waals surface area (Å²) in [4.78, 5) is 0. The van der Waals surface area contributed by atoms with Gasteiger partial charge in [0.1, 0.15) is 0 Å². The molecular formula is C19H24OSi. The van der Waals surface area contributed by atoms with Gasteiger partial charge < -0.3 is 4.43 Å². The van der Waals surface area contributed by atoms with Gasteiger partial charge in [-0.1, -0.05) is 54.6 Å². The lowest BCUT2D eigenvalue weighted by molar-refractivity contribution is 0.321. The highest BCUT2D eigenvalue weighted by Crippen LogP contribution is 2.43. The van der Waals surface area contributed by atoms with Gasteiger partial charge in [-0.2, -0.15) is 0 Å². The van der Waals surface area contributed by atoms with Crippen LogP contribution in [0.15, 0.2) is 54.6 Å². The Morgan fingerprint density at radius 3 is 2.48 bits per heavy atom. The molecule has 0 fully saturated rings. The minimum absolute atomic E-state index is 0.498. The van der Waals surface area contributed by atoms with Crippen LogP contribution in [0, 0.1) is 5.92 Å². The molecule has 0 amide bonds. The summed E-state index contributed by atoms with van der Waals surface area (Å²) >= 11 is 0. The van der Waals surface area contributed by atoms with Crippen LogP contribution in [0.1, 0.15) is 23.5 Å². The van der Waals surface area contributed by atoms with E-state index in [2.05, 4.69) is 74.3 Å². The molecule has 2 aliphatic rings. The molecule has 0 heterocycles. The summed E-state index contributed by atoms with van der Waals surface area (Å²) in [5, 5.41) is 0. The third-order valence-electron chi connectivity index (χ3n) is 4.15. The standard InChI is InChI=1S/C19H24OSi/c1-21(2,3)20-13-12-16-14-19(15-8-4-5-9-15)18-11-7-6-10-17(16)18/h4-11,14-15,19H,12-13H2,1-3H3. The first kappa shape index (κ1) is 14.5. The molecule has 0 N–H and O–H groups in total. The van der Waals surface area contributed by atoms with Crippen LogP contribution >= 0.6 is 0 Å². The molecule has 1 nitrogen and oxygen atoms in total. The molecule has 0 radical (unpaired) electrons. The Morgan fingerprint density at radius 1 is 1.05 bits per heavy atom. The maximum Gasteiger partial charge on any atom is 0.183 e. The minimum atomic E-state index is -1.41. The van der Waals surface area contributed by atoms with Gasteiger partial charge in [0, 0.05) is 18.4 Å². The van der Waals surface area contributed by atoms with Crippen LogP contribution in [-0.4, -0.2) is 14.9 Å². The van der Waals surface area contributed by atoms with Crippen LogP contribution in [0.4, 0.5) is 0 Å². The van der Waals surface area contributed by atoms with E-state index < -0.39 is 8.32 Å². The maximum absolute atomic E-state index is 6.04. The molecule has 110 valence electrons. The Balaban J connectivity index is 1.78. The summed E-state index contributed by atoms with van der Waals surface area (Å²) in [6.45, 7) is 7.60. The van der Waals surface area contributed by atoms with Gasteiger partial charge in [0.15, 0.2) is 8.32 Å². The van der Waals surface area contributed by atoms with E-state index in [1.165, 1.54) is 16.7 Å². The number of hydrogen-bond acceptors (Lipinski definition) is 1. The van der Waals surface area contributed by atoms with Gasteiger partial charge in [-0.3, -0.25) is 0 Å². The smallest absolute Gasteiger partial charge is 0.183 e. The summed E-state index contributed by atoms with van der Waals surface area (Å²) in [7, 11) is -1.41. The first-order valence-electron chi connectivity index (χ1n) is 7.83. The zero-order valence-corrected chi connectivity index (χ0v) is 14.2. The van der Waals surface area contributed by atoms with Crippen molar-refractivity contribution in [2.45, 2.75) is 32.0 Å². The highest BCUT2D eigenvalue weighted by Gasteiger charge is 2.27. The second-order valence-electron chi connectivity index (χ2n) is 6.86. The van der Waals surface area contributed by atoms with Crippen LogP contribution in [0.5, 0.6) is 0 Å². The number of allylic oxidation sites excluding steroid dienone is 5. The van der Waals surface area contributed by atoms with E-state index in [-0.39, 0.29) is 0 Å². The molecule has 1 atom stereocenters. The predicted molar refractivity (Wildman–Crippen MR) is 92.8 cm³/mol. The van der Waals surface area contributed by atoms with Gasteiger partial charge in [-0.25, -0.2) is 0 Å². The molecule has 3 rings (SSSR count). The molecule has 0 spiro atoms. The first-order chi connectivity index (χ1) is 10.0. The van der Waals surface area contributed by atoms with Crippen molar-refractivity contribution in [2.75, 3.05) is 6.61 Å². The van der Waals surface area contributed by atoms with Crippen LogP contribution in [0.3, 0.4) is 0 Å². The highest BCUT2D eigenvalue weighted by molar-refractivity contribution is 6.69. The van der Waals surface area contributed by atoms with Gasteiger partial charge in [-0.15, -0.1) is 0 Å². The molecule has 1 unspecified atom stereocenters. The quantitative estimate of drug-likeness (QED) is 0.683. The molecule has 1 aromatic rings. The van der Waals surface area contributed by atoms with Gasteiger partial charge in [0.05, 0.1) is 0 Å². The molecular weight excluding hydrogens is 272 g/mol. The average Bonchev–Trinajstić information content (AvgIpc) is 3.05. The molecule has 0 aromatic heterocycles. The zero-order chi connectivity index (χ0) is 14.9. The minimum Gasteiger partial charge on any atom is -0.417 e. The van der Waals surface area contributed by atoms with Crippen molar-refractivity contribution in [1.29, 1.82) is 0 Å². The third kappa shape index (κ3) is 3.28. The molecule has 21 heavy (non-hydrogen) atoms. The Kier molecular flexibility index (Phi) is 4.00. The van der Waals surface area contributed by atoms with Gasteiger partial charge in [0.2, 0.25) is 0 Å². The number of benzene rings is 1. The largest absolute Gasteiger partial charge is 0.417 e. The van der Waals surface area contributed by atoms with Crippen LogP contribution in [0.25, 0.3) is 5.57 Å². The van der Waals surface area contributed by atoms with E-state index >= 15 is 0 Å². The molecule has 2 heteroatoms. The van der Waals surface area contributed by atoms with E-state index in [9.17, 15) is 0 Å². The van der Waals surface area contributed by atoms with Crippen molar-refractivity contribution in [2.24, 2.45) is 5.92 Å². The van der Waals surface area contributed by atoms with Crippen LogP contribution in [0.2, 0.25) is 19.6 Å². The SMILES string of the molecule is C[Si](C)(C)OCCC1=CC(C2C=CC=C2)c2ccccc21. The zero-order valence-electron chi connectivity index (χ0n) is 13.2. The topological polar surface area (TPSA) is 9.23 Å². The lowest BCUT2D eigenvalue weighted by atomic mass is 9.89. The number of fused-ring (bicyclic) bond motifs is 1. The summed E-state index contributed by atoms with van der Waals surface area (Å²) in [5.41, 5.74) is 4.36. The van der Waals surface area contributed by atoms with Crippen molar-refractivity contribution in [3.05, 3.63) is 65.8 Å². The van der Waals surface area contributed by atoms with Crippen LogP contribution < -0.4 is 0 Å². The maximum atomic E-state index is 6.04. The molecule has 0 aliphatic heterocycles. The number of hydrogen-bond donors (Lipinski definition) is 0. The van der Waals surface area contributed by atoms with E-state index in [1.807, 2.05) is 0 Å². The Labute approximate surface area is 129 Å². The van der Waals surface area contributed by atoms with Crippen molar-refractivity contribution in [3.8, 4) is 0 Å². The second kappa shape index (κ2) is 5.78. The monoisotopic (exact) mass is 296 g/mol. The first-order valence-corrected chi connectivity index (χ1v) is 11.2. The van der Waals surface area contributed by atoms with E-state index in [0.29, 0.717) is 11.8 Å². The van der Waals surface area contributed by atoms with Crippen molar-refractivity contribution in [3.63, 3.8) is 0 Å². The third-order valence-corrected chi connectivity index (χ3v) is 5.22. The lowest BCUT2D eigenvalue weighted by Crippen LogP contribution is -2.25. The normalized spacial score (nSPS) is 20.9. The fourth-order valence-corrected chi connectivity index (χ4v) is 3.88. The van der Waals surface area contributed by atoms with Gasteiger partial charge in [0.25, 0.3) is 0 Å². The van der Waals surface area contributed by atoms with Crippen molar-refractivity contribution >= 4 is 13.9 Å².